The maximum Gasteiger partial charge on any atom is 0.0486 e. The van der Waals surface area contributed by atoms with Gasteiger partial charge in [-0.15, -0.1) is 24.8 Å². The van der Waals surface area contributed by atoms with Crippen molar-refractivity contribution < 1.29 is 0 Å². The Hall–Kier alpha value is -1.55. The van der Waals surface area contributed by atoms with Gasteiger partial charge in [-0.3, -0.25) is 4.98 Å². The molecule has 0 saturated carbocycles. The highest BCUT2D eigenvalue weighted by molar-refractivity contribution is 5.86. The molecule has 0 atom stereocenters. The van der Waals surface area contributed by atoms with E-state index >= 15 is 0 Å². The Bertz CT molecular complexity index is 812. The number of hydrogen-bond acceptors (Lipinski definition) is 2. The van der Waals surface area contributed by atoms with E-state index in [-0.39, 0.29) is 24.8 Å². The lowest BCUT2D eigenvalue weighted by atomic mass is 10.0. The fourth-order valence-corrected chi connectivity index (χ4v) is 3.54. The van der Waals surface area contributed by atoms with Gasteiger partial charge in [-0.1, -0.05) is 17.7 Å². The molecule has 1 aliphatic rings. The summed E-state index contributed by atoms with van der Waals surface area (Å²) in [5.41, 5.74) is 7.03. The van der Waals surface area contributed by atoms with E-state index in [4.69, 9.17) is 0 Å². The number of nitrogens with zero attached hydrogens (tertiary/aromatic N) is 2. The summed E-state index contributed by atoms with van der Waals surface area (Å²) in [7, 11) is 0. The Morgan fingerprint density at radius 3 is 2.88 bits per heavy atom. The second kappa shape index (κ2) is 8.02. The summed E-state index contributed by atoms with van der Waals surface area (Å²) >= 11 is 0. The first-order valence-electron chi connectivity index (χ1n) is 8.03. The molecule has 24 heavy (non-hydrogen) atoms. The van der Waals surface area contributed by atoms with Crippen molar-refractivity contribution in [2.24, 2.45) is 0 Å². The first-order valence-corrected chi connectivity index (χ1v) is 8.03. The molecule has 3 nitrogen and oxygen atoms in total. The molecule has 0 unspecified atom stereocenters. The number of aromatic nitrogens is 2. The van der Waals surface area contributed by atoms with E-state index in [1.54, 1.807) is 0 Å². The molecule has 0 amide bonds. The molecule has 0 spiro atoms. The summed E-state index contributed by atoms with van der Waals surface area (Å²) in [5, 5.41) is 4.94. The van der Waals surface area contributed by atoms with Gasteiger partial charge in [-0.25, -0.2) is 0 Å². The van der Waals surface area contributed by atoms with Crippen LogP contribution in [0.3, 0.4) is 0 Å². The SMILES string of the molecule is Cc1ccc2c(c1)c1c(n2CCc2cccnc2)CCNC1.Cl.Cl. The Kier molecular flexibility index (Phi) is 6.27. The van der Waals surface area contributed by atoms with Crippen LogP contribution in [-0.4, -0.2) is 16.1 Å². The lowest BCUT2D eigenvalue weighted by molar-refractivity contribution is 0.594. The molecule has 0 saturated heterocycles. The molecule has 5 heteroatoms. The maximum absolute atomic E-state index is 4.23. The molecule has 0 bridgehead atoms. The van der Waals surface area contributed by atoms with Gasteiger partial charge in [0.05, 0.1) is 0 Å². The van der Waals surface area contributed by atoms with Crippen LogP contribution < -0.4 is 5.32 Å². The number of benzene rings is 1. The molecule has 1 aromatic carbocycles. The summed E-state index contributed by atoms with van der Waals surface area (Å²) in [4.78, 5) is 4.23. The highest BCUT2D eigenvalue weighted by Crippen LogP contribution is 2.29. The van der Waals surface area contributed by atoms with Crippen LogP contribution in [0.5, 0.6) is 0 Å². The zero-order valence-electron chi connectivity index (χ0n) is 13.8. The highest BCUT2D eigenvalue weighted by Gasteiger charge is 2.19. The Balaban J connectivity index is 0.00000104. The van der Waals surface area contributed by atoms with E-state index in [1.165, 1.54) is 33.3 Å². The van der Waals surface area contributed by atoms with Crippen LogP contribution in [0.25, 0.3) is 10.9 Å². The van der Waals surface area contributed by atoms with Crippen molar-refractivity contribution in [1.82, 2.24) is 14.9 Å². The van der Waals surface area contributed by atoms with E-state index in [0.29, 0.717) is 0 Å². The van der Waals surface area contributed by atoms with Crippen molar-refractivity contribution in [3.05, 3.63) is 65.1 Å². The van der Waals surface area contributed by atoms with Crippen LogP contribution in [0, 0.1) is 6.92 Å². The van der Waals surface area contributed by atoms with Gasteiger partial charge < -0.3 is 9.88 Å². The summed E-state index contributed by atoms with van der Waals surface area (Å²) < 4.78 is 2.53. The van der Waals surface area contributed by atoms with Crippen LogP contribution in [0.15, 0.2) is 42.7 Å². The third kappa shape index (κ3) is 3.44. The van der Waals surface area contributed by atoms with Crippen LogP contribution in [0.4, 0.5) is 0 Å². The fourth-order valence-electron chi connectivity index (χ4n) is 3.54. The minimum absolute atomic E-state index is 0. The van der Waals surface area contributed by atoms with E-state index in [2.05, 4.69) is 46.1 Å². The predicted molar refractivity (Wildman–Crippen MR) is 105 cm³/mol. The van der Waals surface area contributed by atoms with E-state index in [1.807, 2.05) is 18.5 Å². The summed E-state index contributed by atoms with van der Waals surface area (Å²) in [5.74, 6) is 0. The summed E-state index contributed by atoms with van der Waals surface area (Å²) in [6, 6.07) is 11.0. The average Bonchev–Trinajstić information content (AvgIpc) is 2.87. The highest BCUT2D eigenvalue weighted by atomic mass is 35.5. The van der Waals surface area contributed by atoms with Gasteiger partial charge in [0, 0.05) is 55.0 Å². The van der Waals surface area contributed by atoms with E-state index in [0.717, 1.165) is 32.5 Å². The second-order valence-electron chi connectivity index (χ2n) is 6.14. The number of pyridine rings is 1. The number of rotatable bonds is 3. The Labute approximate surface area is 155 Å². The van der Waals surface area contributed by atoms with Gasteiger partial charge >= 0.3 is 0 Å². The predicted octanol–water partition coefficient (Wildman–Crippen LogP) is 4.08. The number of halogens is 2. The second-order valence-corrected chi connectivity index (χ2v) is 6.14. The minimum atomic E-state index is 0. The van der Waals surface area contributed by atoms with Gasteiger partial charge in [-0.2, -0.15) is 0 Å². The van der Waals surface area contributed by atoms with Crippen molar-refractivity contribution in [1.29, 1.82) is 0 Å². The van der Waals surface area contributed by atoms with Gasteiger partial charge in [-0.05, 0) is 42.7 Å². The number of fused-ring (bicyclic) bond motifs is 3. The fraction of sp³-hybridized carbons (Fsp3) is 0.316. The largest absolute Gasteiger partial charge is 0.344 e. The average molecular weight is 364 g/mol. The lowest BCUT2D eigenvalue weighted by Crippen LogP contribution is -2.24. The summed E-state index contributed by atoms with van der Waals surface area (Å²) in [6.45, 7) is 5.28. The van der Waals surface area contributed by atoms with E-state index < -0.39 is 0 Å². The first kappa shape index (κ1) is 18.8. The molecule has 0 radical (unpaired) electrons. The van der Waals surface area contributed by atoms with Gasteiger partial charge in [0.2, 0.25) is 0 Å². The molecular weight excluding hydrogens is 341 g/mol. The van der Waals surface area contributed by atoms with Crippen LogP contribution in [0.1, 0.15) is 22.4 Å². The zero-order valence-corrected chi connectivity index (χ0v) is 15.4. The Morgan fingerprint density at radius 1 is 1.21 bits per heavy atom. The normalized spacial score (nSPS) is 13.0. The third-order valence-corrected chi connectivity index (χ3v) is 4.63. The van der Waals surface area contributed by atoms with Crippen molar-refractivity contribution >= 4 is 35.7 Å². The molecule has 0 aliphatic carbocycles. The molecule has 128 valence electrons. The topological polar surface area (TPSA) is 29.9 Å². The lowest BCUT2D eigenvalue weighted by Gasteiger charge is -2.17. The summed E-state index contributed by atoms with van der Waals surface area (Å²) in [6.07, 6.45) is 5.97. The molecule has 0 fully saturated rings. The van der Waals surface area contributed by atoms with E-state index in [9.17, 15) is 0 Å². The van der Waals surface area contributed by atoms with Crippen molar-refractivity contribution in [3.63, 3.8) is 0 Å². The standard InChI is InChI=1S/C19H21N3.2ClH/c1-14-4-5-18-16(11-14)17-13-21-9-6-19(17)22(18)10-7-15-3-2-8-20-12-15;;/h2-5,8,11-12,21H,6-7,9-10,13H2,1H3;2*1H. The smallest absolute Gasteiger partial charge is 0.0486 e. The van der Waals surface area contributed by atoms with Gasteiger partial charge in [0.15, 0.2) is 0 Å². The monoisotopic (exact) mass is 363 g/mol. The van der Waals surface area contributed by atoms with Gasteiger partial charge in [0.1, 0.15) is 0 Å². The molecule has 3 aromatic rings. The molecule has 1 aliphatic heterocycles. The minimum Gasteiger partial charge on any atom is -0.344 e. The molecule has 3 heterocycles. The maximum atomic E-state index is 4.23. The zero-order chi connectivity index (χ0) is 14.9. The number of hydrogen-bond donors (Lipinski definition) is 1. The third-order valence-electron chi connectivity index (χ3n) is 4.63. The van der Waals surface area contributed by atoms with Crippen molar-refractivity contribution in [3.8, 4) is 0 Å². The van der Waals surface area contributed by atoms with Crippen molar-refractivity contribution in [2.45, 2.75) is 32.9 Å². The first-order chi connectivity index (χ1) is 10.8. The Morgan fingerprint density at radius 2 is 2.08 bits per heavy atom. The van der Waals surface area contributed by atoms with Crippen LogP contribution in [0.2, 0.25) is 0 Å². The molecule has 1 N–H and O–H groups in total. The molecular formula is C19H23Cl2N3. The van der Waals surface area contributed by atoms with Gasteiger partial charge in [0.25, 0.3) is 0 Å². The van der Waals surface area contributed by atoms with Crippen LogP contribution >= 0.6 is 24.8 Å². The number of nitrogens with one attached hydrogen (secondary N) is 1. The quantitative estimate of drug-likeness (QED) is 0.759. The number of aryl methyl sites for hydroxylation is 3. The molecule has 2 aromatic heterocycles. The van der Waals surface area contributed by atoms with Crippen LogP contribution in [-0.2, 0) is 25.9 Å². The molecule has 4 rings (SSSR count). The van der Waals surface area contributed by atoms with Crippen molar-refractivity contribution in [2.75, 3.05) is 6.54 Å².